The van der Waals surface area contributed by atoms with Gasteiger partial charge in [0.2, 0.25) is 0 Å². The van der Waals surface area contributed by atoms with Gasteiger partial charge in [-0.2, -0.15) is 16.9 Å². The molecule has 0 saturated carbocycles. The molecule has 1 aromatic carbocycles. The number of nitrogens with zero attached hydrogens (tertiary/aromatic N) is 2. The molecule has 1 heterocycles. The molecule has 3 nitrogen and oxygen atoms in total. The summed E-state index contributed by atoms with van der Waals surface area (Å²) in [6.45, 7) is 0. The zero-order valence-electron chi connectivity index (χ0n) is 9.08. The molecule has 2 aromatic rings. The SMILES string of the molecule is CSCC(O)c1ccnn1-c1ccccc1. The maximum atomic E-state index is 9.97. The van der Waals surface area contributed by atoms with Crippen LogP contribution in [0.5, 0.6) is 0 Å². The Morgan fingerprint density at radius 3 is 2.75 bits per heavy atom. The molecule has 84 valence electrons. The van der Waals surface area contributed by atoms with Crippen LogP contribution in [0.2, 0.25) is 0 Å². The van der Waals surface area contributed by atoms with Gasteiger partial charge in [-0.05, 0) is 24.5 Å². The molecule has 1 aromatic heterocycles. The van der Waals surface area contributed by atoms with Crippen LogP contribution >= 0.6 is 11.8 Å². The zero-order valence-corrected chi connectivity index (χ0v) is 9.89. The molecular formula is C12H14N2OS. The lowest BCUT2D eigenvalue weighted by Gasteiger charge is -2.12. The summed E-state index contributed by atoms with van der Waals surface area (Å²) in [7, 11) is 0. The van der Waals surface area contributed by atoms with Gasteiger partial charge in [0, 0.05) is 11.9 Å². The molecule has 4 heteroatoms. The fourth-order valence-corrected chi connectivity index (χ4v) is 2.08. The number of rotatable bonds is 4. The lowest BCUT2D eigenvalue weighted by Crippen LogP contribution is -2.08. The van der Waals surface area contributed by atoms with Crippen LogP contribution in [-0.4, -0.2) is 26.9 Å². The van der Waals surface area contributed by atoms with Gasteiger partial charge >= 0.3 is 0 Å². The Bertz CT molecular complexity index is 441. The molecule has 0 aliphatic heterocycles. The highest BCUT2D eigenvalue weighted by molar-refractivity contribution is 7.98. The summed E-state index contributed by atoms with van der Waals surface area (Å²) < 4.78 is 1.78. The molecule has 1 N–H and O–H groups in total. The molecule has 0 amide bonds. The van der Waals surface area contributed by atoms with Crippen molar-refractivity contribution in [1.29, 1.82) is 0 Å². The Morgan fingerprint density at radius 2 is 2.06 bits per heavy atom. The van der Waals surface area contributed by atoms with Gasteiger partial charge in [-0.25, -0.2) is 4.68 Å². The number of thioether (sulfide) groups is 1. The summed E-state index contributed by atoms with van der Waals surface area (Å²) in [5.41, 5.74) is 1.81. The van der Waals surface area contributed by atoms with E-state index >= 15 is 0 Å². The van der Waals surface area contributed by atoms with Gasteiger partial charge in [0.05, 0.1) is 11.4 Å². The van der Waals surface area contributed by atoms with Gasteiger partial charge in [-0.15, -0.1) is 0 Å². The van der Waals surface area contributed by atoms with E-state index in [-0.39, 0.29) is 0 Å². The van der Waals surface area contributed by atoms with Gasteiger partial charge in [-0.3, -0.25) is 0 Å². The van der Waals surface area contributed by atoms with Gasteiger partial charge in [-0.1, -0.05) is 18.2 Å². The molecule has 0 fully saturated rings. The first-order chi connectivity index (χ1) is 7.83. The molecule has 1 atom stereocenters. The summed E-state index contributed by atoms with van der Waals surface area (Å²) in [6, 6.07) is 11.7. The number of hydrogen-bond donors (Lipinski definition) is 1. The van der Waals surface area contributed by atoms with Crippen molar-refractivity contribution in [2.24, 2.45) is 0 Å². The molecule has 0 spiro atoms. The average molecular weight is 234 g/mol. The third-order valence-electron chi connectivity index (χ3n) is 2.34. The molecule has 1 unspecified atom stereocenters. The fraction of sp³-hybridized carbons (Fsp3) is 0.250. The van der Waals surface area contributed by atoms with Crippen molar-refractivity contribution in [3.63, 3.8) is 0 Å². The summed E-state index contributed by atoms with van der Waals surface area (Å²) in [5.74, 6) is 0.679. The van der Waals surface area contributed by atoms with Crippen LogP contribution < -0.4 is 0 Å². The second-order valence-corrected chi connectivity index (χ2v) is 4.39. The zero-order chi connectivity index (χ0) is 11.4. The molecule has 0 aliphatic carbocycles. The normalized spacial score (nSPS) is 12.6. The minimum absolute atomic E-state index is 0.474. The Morgan fingerprint density at radius 1 is 1.31 bits per heavy atom. The van der Waals surface area contributed by atoms with Crippen molar-refractivity contribution in [2.75, 3.05) is 12.0 Å². The lowest BCUT2D eigenvalue weighted by molar-refractivity contribution is 0.196. The van der Waals surface area contributed by atoms with Crippen molar-refractivity contribution in [2.45, 2.75) is 6.10 Å². The van der Waals surface area contributed by atoms with Crippen LogP contribution in [0.15, 0.2) is 42.6 Å². The van der Waals surface area contributed by atoms with Crippen LogP contribution in [0, 0.1) is 0 Å². The van der Waals surface area contributed by atoms with Crippen LogP contribution in [0.25, 0.3) is 5.69 Å². The van der Waals surface area contributed by atoms with E-state index < -0.39 is 6.10 Å². The quantitative estimate of drug-likeness (QED) is 0.882. The van der Waals surface area contributed by atoms with E-state index in [0.29, 0.717) is 5.75 Å². The molecule has 0 bridgehead atoms. The van der Waals surface area contributed by atoms with Crippen LogP contribution in [-0.2, 0) is 0 Å². The lowest BCUT2D eigenvalue weighted by atomic mass is 10.2. The minimum Gasteiger partial charge on any atom is -0.386 e. The van der Waals surface area contributed by atoms with Crippen molar-refractivity contribution in [1.82, 2.24) is 9.78 Å². The Kier molecular flexibility index (Phi) is 3.64. The monoisotopic (exact) mass is 234 g/mol. The molecule has 16 heavy (non-hydrogen) atoms. The number of para-hydroxylation sites is 1. The van der Waals surface area contributed by atoms with Crippen LogP contribution in [0.3, 0.4) is 0 Å². The van der Waals surface area contributed by atoms with Crippen molar-refractivity contribution in [3.8, 4) is 5.69 Å². The number of aliphatic hydroxyl groups excluding tert-OH is 1. The first-order valence-corrected chi connectivity index (χ1v) is 6.48. The van der Waals surface area contributed by atoms with E-state index in [0.717, 1.165) is 11.4 Å². The second kappa shape index (κ2) is 5.18. The summed E-state index contributed by atoms with van der Waals surface area (Å²) in [5, 5.41) is 14.2. The summed E-state index contributed by atoms with van der Waals surface area (Å²) >= 11 is 1.62. The van der Waals surface area contributed by atoms with E-state index in [1.54, 1.807) is 22.6 Å². The molecule has 2 rings (SSSR count). The summed E-state index contributed by atoms with van der Waals surface area (Å²) in [6.07, 6.45) is 3.22. The second-order valence-electron chi connectivity index (χ2n) is 3.47. The highest BCUT2D eigenvalue weighted by Crippen LogP contribution is 2.19. The van der Waals surface area contributed by atoms with E-state index in [1.807, 2.05) is 42.7 Å². The molecule has 0 aliphatic rings. The van der Waals surface area contributed by atoms with Crippen molar-refractivity contribution in [3.05, 3.63) is 48.3 Å². The fourth-order valence-electron chi connectivity index (χ4n) is 1.59. The Hall–Kier alpha value is -1.26. The predicted octanol–water partition coefficient (Wildman–Crippen LogP) is 2.27. The van der Waals surface area contributed by atoms with Gasteiger partial charge in [0.15, 0.2) is 0 Å². The van der Waals surface area contributed by atoms with Crippen LogP contribution in [0.4, 0.5) is 0 Å². The average Bonchev–Trinajstić information content (AvgIpc) is 2.79. The number of hydrogen-bond acceptors (Lipinski definition) is 3. The maximum absolute atomic E-state index is 9.97. The van der Waals surface area contributed by atoms with E-state index in [4.69, 9.17) is 0 Å². The van der Waals surface area contributed by atoms with E-state index in [2.05, 4.69) is 5.10 Å². The Labute approximate surface area is 99.1 Å². The predicted molar refractivity (Wildman–Crippen MR) is 66.9 cm³/mol. The first kappa shape index (κ1) is 11.2. The minimum atomic E-state index is -0.474. The first-order valence-electron chi connectivity index (χ1n) is 5.09. The highest BCUT2D eigenvalue weighted by atomic mass is 32.2. The number of aromatic nitrogens is 2. The van der Waals surface area contributed by atoms with Gasteiger partial charge < -0.3 is 5.11 Å². The third kappa shape index (κ3) is 2.28. The van der Waals surface area contributed by atoms with Gasteiger partial charge in [0.25, 0.3) is 0 Å². The molecular weight excluding hydrogens is 220 g/mol. The largest absolute Gasteiger partial charge is 0.386 e. The van der Waals surface area contributed by atoms with E-state index in [9.17, 15) is 5.11 Å². The molecule has 0 saturated heterocycles. The van der Waals surface area contributed by atoms with E-state index in [1.165, 1.54) is 0 Å². The maximum Gasteiger partial charge on any atom is 0.105 e. The smallest absolute Gasteiger partial charge is 0.105 e. The Balaban J connectivity index is 2.33. The standard InChI is InChI=1S/C12H14N2OS/c1-16-9-12(15)11-7-8-13-14(11)10-5-3-2-4-6-10/h2-8,12,15H,9H2,1H3. The topological polar surface area (TPSA) is 38.1 Å². The van der Waals surface area contributed by atoms with Crippen molar-refractivity contribution >= 4 is 11.8 Å². The third-order valence-corrected chi connectivity index (χ3v) is 2.99. The van der Waals surface area contributed by atoms with Crippen LogP contribution in [0.1, 0.15) is 11.8 Å². The van der Waals surface area contributed by atoms with Gasteiger partial charge in [0.1, 0.15) is 6.10 Å². The van der Waals surface area contributed by atoms with Crippen molar-refractivity contribution < 1.29 is 5.11 Å². The molecule has 0 radical (unpaired) electrons. The summed E-state index contributed by atoms with van der Waals surface area (Å²) in [4.78, 5) is 0. The number of aliphatic hydroxyl groups is 1. The highest BCUT2D eigenvalue weighted by Gasteiger charge is 2.13. The number of benzene rings is 1.